The predicted octanol–water partition coefficient (Wildman–Crippen LogP) is -0.0747. The van der Waals surface area contributed by atoms with Crippen LogP contribution < -0.4 is 11.1 Å². The molecule has 1 aromatic heterocycles. The average molecular weight is 330 g/mol. The van der Waals surface area contributed by atoms with Crippen molar-refractivity contribution in [1.82, 2.24) is 10.2 Å². The van der Waals surface area contributed by atoms with Crippen molar-refractivity contribution in [2.24, 2.45) is 10.7 Å². The number of hydrogen-bond donors (Lipinski definition) is 2. The number of aliphatic imine (C=N–C) groups is 1. The van der Waals surface area contributed by atoms with Gasteiger partial charge in [0.15, 0.2) is 15.8 Å². The maximum absolute atomic E-state index is 11.3. The Kier molecular flexibility index (Phi) is 6.01. The smallest absolute Gasteiger partial charge is 0.188 e. The van der Waals surface area contributed by atoms with E-state index >= 15 is 0 Å². The Hall–Kier alpha value is -1.12. The van der Waals surface area contributed by atoms with Gasteiger partial charge in [0.2, 0.25) is 0 Å². The van der Waals surface area contributed by atoms with Crippen LogP contribution in [0, 0.1) is 0 Å². The van der Waals surface area contributed by atoms with E-state index < -0.39 is 9.84 Å². The molecule has 8 heteroatoms. The van der Waals surface area contributed by atoms with Crippen molar-refractivity contribution in [1.29, 1.82) is 0 Å². The lowest BCUT2D eigenvalue weighted by molar-refractivity contribution is 0.304. The van der Waals surface area contributed by atoms with E-state index in [1.54, 1.807) is 11.3 Å². The Morgan fingerprint density at radius 2 is 2.19 bits per heavy atom. The summed E-state index contributed by atoms with van der Waals surface area (Å²) in [7, 11) is -2.80. The van der Waals surface area contributed by atoms with Crippen LogP contribution >= 0.6 is 11.3 Å². The summed E-state index contributed by atoms with van der Waals surface area (Å²) in [5.41, 5.74) is 5.80. The van der Waals surface area contributed by atoms with Crippen molar-refractivity contribution < 1.29 is 8.42 Å². The lowest BCUT2D eigenvalue weighted by Crippen LogP contribution is -2.41. The van der Waals surface area contributed by atoms with Crippen LogP contribution in [0.5, 0.6) is 0 Å². The Morgan fingerprint density at radius 3 is 2.86 bits per heavy atom. The largest absolute Gasteiger partial charge is 0.370 e. The summed E-state index contributed by atoms with van der Waals surface area (Å²) < 4.78 is 22.6. The third-order valence-electron chi connectivity index (χ3n) is 3.39. The summed E-state index contributed by atoms with van der Waals surface area (Å²) in [6, 6.07) is 4.14. The van der Waals surface area contributed by atoms with Gasteiger partial charge in [-0.2, -0.15) is 0 Å². The molecule has 0 spiro atoms. The first-order chi connectivity index (χ1) is 10.1. The molecule has 3 N–H and O–H groups in total. The van der Waals surface area contributed by atoms with Crippen LogP contribution in [0.3, 0.4) is 0 Å². The van der Waals surface area contributed by atoms with E-state index in [-0.39, 0.29) is 11.5 Å². The number of nitrogens with zero attached hydrogens (tertiary/aromatic N) is 2. The molecule has 1 saturated heterocycles. The van der Waals surface area contributed by atoms with E-state index in [2.05, 4.69) is 26.7 Å². The van der Waals surface area contributed by atoms with Gasteiger partial charge in [-0.25, -0.2) is 8.42 Å². The molecule has 0 atom stereocenters. The third-order valence-corrected chi connectivity index (χ3v) is 5.94. The quantitative estimate of drug-likeness (QED) is 0.563. The zero-order valence-corrected chi connectivity index (χ0v) is 13.6. The standard InChI is InChI=1S/C13H22N4O2S2/c14-13(15-4-3-12-2-1-9-20-12)16-5-6-17-7-10-21(18,19)11-8-17/h1-2,9H,3-8,10-11H2,(H3,14,15,16). The van der Waals surface area contributed by atoms with Crippen molar-refractivity contribution in [3.63, 3.8) is 0 Å². The lowest BCUT2D eigenvalue weighted by atomic mass is 10.3. The van der Waals surface area contributed by atoms with Gasteiger partial charge >= 0.3 is 0 Å². The van der Waals surface area contributed by atoms with Crippen LogP contribution in [0.2, 0.25) is 0 Å². The Labute approximate surface area is 130 Å². The molecule has 0 aliphatic carbocycles. The van der Waals surface area contributed by atoms with Crippen molar-refractivity contribution in [3.8, 4) is 0 Å². The molecule has 1 aliphatic heterocycles. The van der Waals surface area contributed by atoms with Crippen LogP contribution in [0.15, 0.2) is 22.5 Å². The average Bonchev–Trinajstić information content (AvgIpc) is 2.94. The van der Waals surface area contributed by atoms with Crippen LogP contribution in [0.1, 0.15) is 4.88 Å². The maximum Gasteiger partial charge on any atom is 0.188 e. The molecule has 1 aliphatic rings. The van der Waals surface area contributed by atoms with Crippen LogP contribution in [0.4, 0.5) is 0 Å². The van der Waals surface area contributed by atoms with E-state index in [4.69, 9.17) is 5.73 Å². The lowest BCUT2D eigenvalue weighted by Gasteiger charge is -2.25. The molecule has 0 aromatic carbocycles. The zero-order valence-electron chi connectivity index (χ0n) is 12.0. The van der Waals surface area contributed by atoms with E-state index in [0.29, 0.717) is 25.6 Å². The van der Waals surface area contributed by atoms with E-state index in [0.717, 1.165) is 19.5 Å². The molecule has 0 radical (unpaired) electrons. The van der Waals surface area contributed by atoms with Gasteiger partial charge in [0.05, 0.1) is 18.1 Å². The molecule has 1 fully saturated rings. The Balaban J connectivity index is 1.60. The number of sulfone groups is 1. The number of nitrogens with two attached hydrogens (primary N) is 1. The topological polar surface area (TPSA) is 87.8 Å². The number of rotatable bonds is 6. The number of hydrogen-bond acceptors (Lipinski definition) is 5. The van der Waals surface area contributed by atoms with Crippen LogP contribution in [-0.4, -0.2) is 63.5 Å². The molecule has 118 valence electrons. The van der Waals surface area contributed by atoms with Gasteiger partial charge in [-0.3, -0.25) is 9.89 Å². The molecular weight excluding hydrogens is 308 g/mol. The summed E-state index contributed by atoms with van der Waals surface area (Å²) in [6.45, 7) is 3.33. The summed E-state index contributed by atoms with van der Waals surface area (Å²) in [5.74, 6) is 0.965. The maximum atomic E-state index is 11.3. The predicted molar refractivity (Wildman–Crippen MR) is 87.6 cm³/mol. The summed E-state index contributed by atoms with van der Waals surface area (Å²) in [4.78, 5) is 7.71. The molecule has 0 saturated carbocycles. The van der Waals surface area contributed by atoms with Gasteiger partial charge in [-0.05, 0) is 17.9 Å². The number of thiophene rings is 1. The van der Waals surface area contributed by atoms with Crippen molar-refractivity contribution in [2.75, 3.05) is 44.2 Å². The second-order valence-corrected chi connectivity index (χ2v) is 8.35. The summed E-state index contributed by atoms with van der Waals surface area (Å²) in [6.07, 6.45) is 0.942. The first kappa shape index (κ1) is 16.3. The second kappa shape index (κ2) is 7.77. The van der Waals surface area contributed by atoms with E-state index in [1.165, 1.54) is 4.88 Å². The molecule has 21 heavy (non-hydrogen) atoms. The normalized spacial score (nSPS) is 19.5. The Bertz CT molecular complexity index is 541. The molecule has 2 heterocycles. The highest BCUT2D eigenvalue weighted by molar-refractivity contribution is 7.91. The van der Waals surface area contributed by atoms with Gasteiger partial charge in [0.25, 0.3) is 0 Å². The van der Waals surface area contributed by atoms with E-state index in [9.17, 15) is 8.42 Å². The van der Waals surface area contributed by atoms with Crippen molar-refractivity contribution in [3.05, 3.63) is 22.4 Å². The SMILES string of the molecule is NC(=NCCN1CCS(=O)(=O)CC1)NCCc1cccs1. The van der Waals surface area contributed by atoms with Gasteiger partial charge in [-0.15, -0.1) is 11.3 Å². The van der Waals surface area contributed by atoms with Gasteiger partial charge < -0.3 is 11.1 Å². The minimum Gasteiger partial charge on any atom is -0.370 e. The van der Waals surface area contributed by atoms with Gasteiger partial charge in [-0.1, -0.05) is 6.07 Å². The fourth-order valence-electron chi connectivity index (χ4n) is 2.11. The minimum absolute atomic E-state index is 0.255. The third kappa shape index (κ3) is 6.03. The summed E-state index contributed by atoms with van der Waals surface area (Å²) in [5, 5.41) is 5.15. The van der Waals surface area contributed by atoms with E-state index in [1.807, 2.05) is 6.07 Å². The monoisotopic (exact) mass is 330 g/mol. The van der Waals surface area contributed by atoms with Crippen LogP contribution in [0.25, 0.3) is 0 Å². The van der Waals surface area contributed by atoms with Crippen molar-refractivity contribution >= 4 is 27.1 Å². The first-order valence-electron chi connectivity index (χ1n) is 7.04. The molecule has 0 unspecified atom stereocenters. The fourth-order valence-corrected chi connectivity index (χ4v) is 4.10. The van der Waals surface area contributed by atoms with Gasteiger partial charge in [0, 0.05) is 31.1 Å². The molecule has 1 aromatic rings. The second-order valence-electron chi connectivity index (χ2n) is 5.02. The van der Waals surface area contributed by atoms with Crippen molar-refractivity contribution in [2.45, 2.75) is 6.42 Å². The zero-order chi connectivity index (χ0) is 15.1. The molecule has 2 rings (SSSR count). The van der Waals surface area contributed by atoms with Gasteiger partial charge in [0.1, 0.15) is 0 Å². The highest BCUT2D eigenvalue weighted by atomic mass is 32.2. The molecular formula is C13H22N4O2S2. The summed E-state index contributed by atoms with van der Waals surface area (Å²) >= 11 is 1.73. The van der Waals surface area contributed by atoms with Crippen LogP contribution in [-0.2, 0) is 16.3 Å². The first-order valence-corrected chi connectivity index (χ1v) is 9.74. The number of guanidine groups is 1. The number of nitrogens with one attached hydrogen (secondary N) is 1. The molecule has 6 nitrogen and oxygen atoms in total. The minimum atomic E-state index is -2.80. The molecule has 0 amide bonds. The highest BCUT2D eigenvalue weighted by Crippen LogP contribution is 2.07. The molecule has 0 bridgehead atoms. The highest BCUT2D eigenvalue weighted by Gasteiger charge is 2.20. The Morgan fingerprint density at radius 1 is 1.43 bits per heavy atom. The fraction of sp³-hybridized carbons (Fsp3) is 0.615.